The van der Waals surface area contributed by atoms with Crippen molar-refractivity contribution in [1.82, 2.24) is 0 Å². The third-order valence-electron chi connectivity index (χ3n) is 5.97. The fourth-order valence-electron chi connectivity index (χ4n) is 4.16. The molecule has 37 heavy (non-hydrogen) atoms. The number of halogens is 1. The molecule has 4 aromatic carbocycles. The van der Waals surface area contributed by atoms with Crippen molar-refractivity contribution in [2.45, 2.75) is 13.8 Å². The van der Waals surface area contributed by atoms with E-state index in [1.54, 1.807) is 11.3 Å². The molecule has 0 aliphatic heterocycles. The van der Waals surface area contributed by atoms with Gasteiger partial charge in [-0.3, -0.25) is 0 Å². The maximum absolute atomic E-state index is 8.49. The van der Waals surface area contributed by atoms with E-state index in [-0.39, 0.29) is 0 Å². The van der Waals surface area contributed by atoms with Gasteiger partial charge in [0.15, 0.2) is 6.20 Å². The Hall–Kier alpha value is -3.36. The zero-order valence-electron chi connectivity index (χ0n) is 20.7. The minimum absolute atomic E-state index is 1.23. The van der Waals surface area contributed by atoms with Crippen molar-refractivity contribution < 1.29 is 33.4 Å². The van der Waals surface area contributed by atoms with E-state index in [0.717, 1.165) is 0 Å². The number of nitrogens with zero attached hydrogens (tertiary/aromatic N) is 1. The van der Waals surface area contributed by atoms with Crippen molar-refractivity contribution in [3.63, 3.8) is 0 Å². The molecule has 0 aliphatic rings. The first-order valence-electron chi connectivity index (χ1n) is 11.5. The zero-order valence-corrected chi connectivity index (χ0v) is 22.3. The second-order valence-electron chi connectivity index (χ2n) is 8.74. The quantitative estimate of drug-likeness (QED) is 0.333. The normalized spacial score (nSPS) is 11.1. The molecule has 0 saturated heterocycles. The molecule has 5 nitrogen and oxygen atoms in total. The van der Waals surface area contributed by atoms with E-state index in [1.165, 1.54) is 55.1 Å². The highest BCUT2D eigenvalue weighted by Crippen LogP contribution is 2.43. The lowest BCUT2D eigenvalue weighted by Gasteiger charge is -2.17. The van der Waals surface area contributed by atoms with Crippen LogP contribution in [0.3, 0.4) is 0 Å². The number of rotatable bonds is 4. The van der Waals surface area contributed by atoms with Crippen molar-refractivity contribution in [3.05, 3.63) is 114 Å². The second-order valence-corrected chi connectivity index (χ2v) is 10.4. The van der Waals surface area contributed by atoms with Crippen molar-refractivity contribution in [2.75, 3.05) is 0 Å². The van der Waals surface area contributed by atoms with E-state index in [0.29, 0.717) is 0 Å². The summed E-state index contributed by atoms with van der Waals surface area (Å²) in [6.07, 6.45) is 2.14. The summed E-state index contributed by atoms with van der Waals surface area (Å²) >= 11 is 1.79. The van der Waals surface area contributed by atoms with Crippen LogP contribution in [0.4, 0.5) is 0 Å². The number of hydrogen-bond acceptors (Lipinski definition) is 5. The molecular formula is C30H26ClNO4S. The molecular weight excluding hydrogens is 506 g/mol. The summed E-state index contributed by atoms with van der Waals surface area (Å²) in [5.41, 5.74) is 11.3. The van der Waals surface area contributed by atoms with Gasteiger partial charge in [0.25, 0.3) is 5.01 Å². The largest absolute Gasteiger partial charge is 0.270 e. The number of aryl methyl sites for hydroxylation is 3. The third kappa shape index (κ3) is 6.90. The van der Waals surface area contributed by atoms with Crippen LogP contribution < -0.4 is 23.2 Å². The number of aromatic nitrogens is 1. The first kappa shape index (κ1) is 26.7. The summed E-state index contributed by atoms with van der Waals surface area (Å²) in [4.78, 5) is 0. The number of hydrogen-bond donors (Lipinski definition) is 0. The van der Waals surface area contributed by atoms with Crippen LogP contribution in [0.5, 0.6) is 0 Å². The highest BCUT2D eigenvalue weighted by molar-refractivity contribution is 7.12. The summed E-state index contributed by atoms with van der Waals surface area (Å²) in [7, 11) is -2.81. The van der Waals surface area contributed by atoms with Gasteiger partial charge in [0.1, 0.15) is 7.05 Å². The maximum atomic E-state index is 8.49. The molecule has 0 amide bonds. The zero-order chi connectivity index (χ0) is 26.6. The predicted molar refractivity (Wildman–Crippen MR) is 137 cm³/mol. The van der Waals surface area contributed by atoms with Crippen LogP contribution in [0.1, 0.15) is 11.1 Å². The Kier molecular flexibility index (Phi) is 8.19. The third-order valence-corrected chi connectivity index (χ3v) is 6.94. The lowest BCUT2D eigenvalue weighted by molar-refractivity contribution is -2.00. The van der Waals surface area contributed by atoms with E-state index in [2.05, 4.69) is 128 Å². The Morgan fingerprint density at radius 1 is 0.622 bits per heavy atom. The summed E-state index contributed by atoms with van der Waals surface area (Å²) in [6.45, 7) is 4.28. The number of thiazole rings is 1. The highest BCUT2D eigenvalue weighted by atomic mass is 35.7. The van der Waals surface area contributed by atoms with Gasteiger partial charge in [-0.2, -0.15) is 4.57 Å². The van der Waals surface area contributed by atoms with Crippen LogP contribution in [0.25, 0.3) is 44.0 Å². The molecule has 0 radical (unpaired) electrons. The van der Waals surface area contributed by atoms with Crippen LogP contribution in [-0.4, -0.2) is 0 Å². The van der Waals surface area contributed by atoms with Crippen molar-refractivity contribution in [1.29, 1.82) is 0 Å². The Balaban J connectivity index is 0.000000586. The minimum atomic E-state index is -4.94. The van der Waals surface area contributed by atoms with Crippen LogP contribution in [-0.2, 0) is 7.05 Å². The minimum Gasteiger partial charge on any atom is -0.222 e. The lowest BCUT2D eigenvalue weighted by Crippen LogP contribution is -2.68. The van der Waals surface area contributed by atoms with Gasteiger partial charge in [-0.15, -0.1) is 10.2 Å². The van der Waals surface area contributed by atoms with Gasteiger partial charge in [-0.05, 0) is 59.4 Å². The molecule has 0 bridgehead atoms. The van der Waals surface area contributed by atoms with Gasteiger partial charge in [-0.1, -0.05) is 101 Å². The van der Waals surface area contributed by atoms with Crippen molar-refractivity contribution >= 4 is 11.3 Å². The molecule has 0 N–H and O–H groups in total. The summed E-state index contributed by atoms with van der Waals surface area (Å²) < 4.78 is 36.2. The average Bonchev–Trinajstić information content (AvgIpc) is 3.29. The van der Waals surface area contributed by atoms with Crippen LogP contribution >= 0.6 is 11.3 Å². The Bertz CT molecular complexity index is 1400. The van der Waals surface area contributed by atoms with E-state index < -0.39 is 10.2 Å². The molecule has 0 atom stereocenters. The van der Waals surface area contributed by atoms with Crippen LogP contribution in [0.2, 0.25) is 0 Å². The fourth-order valence-corrected chi connectivity index (χ4v) is 5.10. The summed E-state index contributed by atoms with van der Waals surface area (Å²) in [6, 6.07) is 33.2. The van der Waals surface area contributed by atoms with E-state index in [1.807, 2.05) is 0 Å². The Labute approximate surface area is 222 Å². The topological polar surface area (TPSA) is 96.1 Å². The van der Waals surface area contributed by atoms with Crippen LogP contribution in [0, 0.1) is 24.1 Å². The van der Waals surface area contributed by atoms with Gasteiger partial charge >= 0.3 is 0 Å². The summed E-state index contributed by atoms with van der Waals surface area (Å²) in [5, 5.41) is 3.42. The Morgan fingerprint density at radius 2 is 1.08 bits per heavy atom. The maximum Gasteiger partial charge on any atom is 0.270 e. The summed E-state index contributed by atoms with van der Waals surface area (Å²) in [5.74, 6) is 0. The molecule has 0 spiro atoms. The van der Waals surface area contributed by atoms with Gasteiger partial charge in [0, 0.05) is 0 Å². The van der Waals surface area contributed by atoms with Crippen molar-refractivity contribution in [2.24, 2.45) is 7.05 Å². The van der Waals surface area contributed by atoms with E-state index >= 15 is 0 Å². The first-order chi connectivity index (χ1) is 17.6. The highest BCUT2D eigenvalue weighted by Gasteiger charge is 2.23. The van der Waals surface area contributed by atoms with Gasteiger partial charge < -0.3 is 0 Å². The number of benzene rings is 4. The smallest absolute Gasteiger partial charge is 0.222 e. The van der Waals surface area contributed by atoms with Crippen molar-refractivity contribution in [3.8, 4) is 44.0 Å². The van der Waals surface area contributed by atoms with E-state index in [9.17, 15) is 0 Å². The average molecular weight is 532 g/mol. The first-order valence-corrected chi connectivity index (χ1v) is 13.6. The SMILES string of the molecule is Cc1ccc(-c2cc(-c3ccccc3)cc(-c3ccc(C)cc3)c2-c2scc[n+]2C)cc1.[O-][Cl+3]([O-])([O-])[O-]. The predicted octanol–water partition coefficient (Wildman–Crippen LogP) is 3.10. The molecule has 1 aromatic heterocycles. The Morgan fingerprint density at radius 3 is 1.49 bits per heavy atom. The molecule has 188 valence electrons. The molecule has 5 aromatic rings. The van der Waals surface area contributed by atoms with Gasteiger partial charge in [0.2, 0.25) is 0 Å². The van der Waals surface area contributed by atoms with Gasteiger partial charge in [0.05, 0.1) is 10.9 Å². The fraction of sp³-hybridized carbons (Fsp3) is 0.100. The van der Waals surface area contributed by atoms with Crippen LogP contribution in [0.15, 0.2) is 103 Å². The van der Waals surface area contributed by atoms with E-state index in [4.69, 9.17) is 18.6 Å². The molecule has 0 unspecified atom stereocenters. The molecule has 1 heterocycles. The lowest BCUT2D eigenvalue weighted by atomic mass is 9.87. The molecule has 5 rings (SSSR count). The molecule has 0 aliphatic carbocycles. The second kappa shape index (κ2) is 11.4. The standard InChI is InChI=1S/C30H26NS.ClHO4/c1-21-9-13-24(14-10-21)27-19-26(23-7-5-4-6-8-23)20-28(25-15-11-22(2)12-16-25)29(27)30-31(3)17-18-32-30;2-1(3,4)5/h4-20H,1-3H3;(H,2,3,4,5)/q+1;/p-1. The molecule has 0 saturated carbocycles. The monoisotopic (exact) mass is 531 g/mol. The molecule has 0 fully saturated rings. The molecule has 7 heteroatoms. The van der Waals surface area contributed by atoms with Gasteiger partial charge in [-0.25, -0.2) is 18.6 Å².